The van der Waals surface area contributed by atoms with Crippen molar-refractivity contribution in [1.29, 1.82) is 0 Å². The van der Waals surface area contributed by atoms with Gasteiger partial charge in [0.2, 0.25) is 5.91 Å². The molecule has 0 radical (unpaired) electrons. The highest BCUT2D eigenvalue weighted by Crippen LogP contribution is 2.29. The standard InChI is InChI=1S/C14H17F3N2O2/c1-10-8-19(6-7-21-9-14(15,16)17)12-5-3-2-4-11(12)18-13(10)20/h2-5,10H,6-9H2,1H3,(H,18,20). The number of hydrogen-bond donors (Lipinski definition) is 1. The third-order valence-corrected chi connectivity index (χ3v) is 3.22. The first-order chi connectivity index (χ1) is 9.87. The van der Waals surface area contributed by atoms with E-state index in [0.717, 1.165) is 5.69 Å². The Morgan fingerprint density at radius 3 is 2.81 bits per heavy atom. The molecule has 0 fully saturated rings. The molecule has 1 heterocycles. The average Bonchev–Trinajstić information content (AvgIpc) is 2.52. The molecular formula is C14H17F3N2O2. The van der Waals surface area contributed by atoms with Gasteiger partial charge in [-0.1, -0.05) is 19.1 Å². The highest BCUT2D eigenvalue weighted by atomic mass is 19.4. The second kappa shape index (κ2) is 6.34. The van der Waals surface area contributed by atoms with E-state index in [9.17, 15) is 18.0 Å². The summed E-state index contributed by atoms with van der Waals surface area (Å²) >= 11 is 0. The topological polar surface area (TPSA) is 41.6 Å². The zero-order chi connectivity index (χ0) is 15.5. The number of anilines is 2. The van der Waals surface area contributed by atoms with Gasteiger partial charge in [0.15, 0.2) is 0 Å². The fraction of sp³-hybridized carbons (Fsp3) is 0.500. The second-order valence-corrected chi connectivity index (χ2v) is 5.02. The predicted octanol–water partition coefficient (Wildman–Crippen LogP) is 2.66. The third-order valence-electron chi connectivity index (χ3n) is 3.22. The number of nitrogens with zero attached hydrogens (tertiary/aromatic N) is 1. The number of benzene rings is 1. The van der Waals surface area contributed by atoms with Crippen LogP contribution < -0.4 is 10.2 Å². The lowest BCUT2D eigenvalue weighted by Gasteiger charge is -2.25. The van der Waals surface area contributed by atoms with Gasteiger partial charge >= 0.3 is 6.18 Å². The number of halogens is 3. The third kappa shape index (κ3) is 4.35. The van der Waals surface area contributed by atoms with Crippen LogP contribution in [-0.4, -0.2) is 38.4 Å². The molecule has 1 amide bonds. The number of ether oxygens (including phenoxy) is 1. The summed E-state index contributed by atoms with van der Waals surface area (Å²) in [6.45, 7) is 1.22. The van der Waals surface area contributed by atoms with Crippen LogP contribution in [0.1, 0.15) is 6.92 Å². The number of alkyl halides is 3. The van der Waals surface area contributed by atoms with Crippen molar-refractivity contribution in [2.45, 2.75) is 13.1 Å². The lowest BCUT2D eigenvalue weighted by Crippen LogP contribution is -2.34. The number of hydrogen-bond acceptors (Lipinski definition) is 3. The van der Waals surface area contributed by atoms with E-state index < -0.39 is 12.8 Å². The summed E-state index contributed by atoms with van der Waals surface area (Å²) in [4.78, 5) is 13.7. The molecule has 0 saturated carbocycles. The Kier molecular flexibility index (Phi) is 4.72. The molecule has 0 saturated heterocycles. The zero-order valence-corrected chi connectivity index (χ0v) is 11.6. The molecule has 0 aromatic heterocycles. The number of rotatable bonds is 4. The van der Waals surface area contributed by atoms with Gasteiger partial charge in [-0.15, -0.1) is 0 Å². The lowest BCUT2D eigenvalue weighted by atomic mass is 10.1. The highest BCUT2D eigenvalue weighted by Gasteiger charge is 2.28. The maximum Gasteiger partial charge on any atom is 0.411 e. The van der Waals surface area contributed by atoms with Gasteiger partial charge in [-0.05, 0) is 12.1 Å². The quantitative estimate of drug-likeness (QED) is 0.869. The Hall–Kier alpha value is -1.76. The van der Waals surface area contributed by atoms with Crippen molar-refractivity contribution in [3.05, 3.63) is 24.3 Å². The van der Waals surface area contributed by atoms with Crippen molar-refractivity contribution in [2.75, 3.05) is 36.5 Å². The summed E-state index contributed by atoms with van der Waals surface area (Å²) in [6.07, 6.45) is -4.32. The van der Waals surface area contributed by atoms with E-state index in [1.165, 1.54) is 0 Å². The van der Waals surface area contributed by atoms with E-state index in [-0.39, 0.29) is 18.4 Å². The predicted molar refractivity (Wildman–Crippen MR) is 73.3 cm³/mol. The molecular weight excluding hydrogens is 285 g/mol. The normalized spacial score (nSPS) is 19.0. The van der Waals surface area contributed by atoms with Crippen molar-refractivity contribution < 1.29 is 22.7 Å². The Bertz CT molecular complexity index is 505. The van der Waals surface area contributed by atoms with Gasteiger partial charge in [0.25, 0.3) is 0 Å². The summed E-state index contributed by atoms with van der Waals surface area (Å²) in [5, 5.41) is 2.82. The van der Waals surface area contributed by atoms with Crippen LogP contribution in [0, 0.1) is 5.92 Å². The van der Waals surface area contributed by atoms with Gasteiger partial charge in [-0.2, -0.15) is 13.2 Å². The van der Waals surface area contributed by atoms with Crippen LogP contribution in [0.25, 0.3) is 0 Å². The van der Waals surface area contributed by atoms with Crippen LogP contribution in [0.2, 0.25) is 0 Å². The maximum atomic E-state index is 12.0. The van der Waals surface area contributed by atoms with Crippen LogP contribution in [0.4, 0.5) is 24.5 Å². The Balaban J connectivity index is 2.02. The first kappa shape index (κ1) is 15.6. The van der Waals surface area contributed by atoms with Crippen LogP contribution in [0.15, 0.2) is 24.3 Å². The van der Waals surface area contributed by atoms with Gasteiger partial charge in [0.05, 0.1) is 23.9 Å². The van der Waals surface area contributed by atoms with E-state index in [4.69, 9.17) is 0 Å². The average molecular weight is 302 g/mol. The number of nitrogens with one attached hydrogen (secondary N) is 1. The highest BCUT2D eigenvalue weighted by molar-refractivity contribution is 5.97. The molecule has 0 spiro atoms. The van der Waals surface area contributed by atoms with E-state index in [1.807, 2.05) is 17.0 Å². The summed E-state index contributed by atoms with van der Waals surface area (Å²) in [5.41, 5.74) is 1.47. The molecule has 4 nitrogen and oxygen atoms in total. The molecule has 1 aromatic carbocycles. The number of fused-ring (bicyclic) bond motifs is 1. The smallest absolute Gasteiger partial charge is 0.370 e. The van der Waals surface area contributed by atoms with Crippen LogP contribution >= 0.6 is 0 Å². The van der Waals surface area contributed by atoms with Crippen LogP contribution in [0.5, 0.6) is 0 Å². The number of carbonyl (C=O) groups is 1. The molecule has 0 bridgehead atoms. The molecule has 1 atom stereocenters. The van der Waals surface area contributed by atoms with Crippen molar-refractivity contribution in [1.82, 2.24) is 0 Å². The Morgan fingerprint density at radius 1 is 1.38 bits per heavy atom. The summed E-state index contributed by atoms with van der Waals surface area (Å²) in [6, 6.07) is 7.23. The fourth-order valence-corrected chi connectivity index (χ4v) is 2.20. The molecule has 21 heavy (non-hydrogen) atoms. The second-order valence-electron chi connectivity index (χ2n) is 5.02. The van der Waals surface area contributed by atoms with E-state index in [1.54, 1.807) is 19.1 Å². The summed E-state index contributed by atoms with van der Waals surface area (Å²) in [5.74, 6) is -0.346. The SMILES string of the molecule is CC1CN(CCOCC(F)(F)F)c2ccccc2NC1=O. The van der Waals surface area contributed by atoms with Crippen molar-refractivity contribution in [3.63, 3.8) is 0 Å². The molecule has 1 aliphatic heterocycles. The zero-order valence-electron chi connectivity index (χ0n) is 11.6. The Labute approximate surface area is 120 Å². The van der Waals surface area contributed by atoms with E-state index >= 15 is 0 Å². The minimum absolute atomic E-state index is 0.0469. The largest absolute Gasteiger partial charge is 0.411 e. The summed E-state index contributed by atoms with van der Waals surface area (Å²) in [7, 11) is 0. The molecule has 116 valence electrons. The first-order valence-corrected chi connectivity index (χ1v) is 6.66. The molecule has 1 aliphatic rings. The Morgan fingerprint density at radius 2 is 2.10 bits per heavy atom. The van der Waals surface area contributed by atoms with Crippen molar-refractivity contribution >= 4 is 17.3 Å². The van der Waals surface area contributed by atoms with Crippen molar-refractivity contribution in [3.8, 4) is 0 Å². The maximum absolute atomic E-state index is 12.0. The van der Waals surface area contributed by atoms with Gasteiger partial charge in [-0.3, -0.25) is 4.79 Å². The van der Waals surface area contributed by atoms with Crippen LogP contribution in [0.3, 0.4) is 0 Å². The molecule has 1 unspecified atom stereocenters. The molecule has 0 aliphatic carbocycles. The van der Waals surface area contributed by atoms with E-state index in [0.29, 0.717) is 18.8 Å². The number of para-hydroxylation sites is 2. The monoisotopic (exact) mass is 302 g/mol. The molecule has 1 aromatic rings. The number of amides is 1. The minimum Gasteiger partial charge on any atom is -0.370 e. The molecule has 7 heteroatoms. The van der Waals surface area contributed by atoms with Gasteiger partial charge in [-0.25, -0.2) is 0 Å². The van der Waals surface area contributed by atoms with Gasteiger partial charge in [0, 0.05) is 13.1 Å². The molecule has 2 rings (SSSR count). The van der Waals surface area contributed by atoms with E-state index in [2.05, 4.69) is 10.1 Å². The molecule has 1 N–H and O–H groups in total. The lowest BCUT2D eigenvalue weighted by molar-refractivity contribution is -0.173. The summed E-state index contributed by atoms with van der Waals surface area (Å²) < 4.78 is 40.8. The van der Waals surface area contributed by atoms with Crippen LogP contribution in [-0.2, 0) is 9.53 Å². The fourth-order valence-electron chi connectivity index (χ4n) is 2.20. The minimum atomic E-state index is -4.32. The van der Waals surface area contributed by atoms with Crippen molar-refractivity contribution in [2.24, 2.45) is 5.92 Å². The number of carbonyl (C=O) groups excluding carboxylic acids is 1. The van der Waals surface area contributed by atoms with Gasteiger partial charge < -0.3 is 15.0 Å². The first-order valence-electron chi connectivity index (χ1n) is 6.66. The van der Waals surface area contributed by atoms with Gasteiger partial charge in [0.1, 0.15) is 6.61 Å².